The third-order valence-corrected chi connectivity index (χ3v) is 14.2. The topological polar surface area (TPSA) is 126 Å². The lowest BCUT2D eigenvalue weighted by atomic mass is 9.82. The first-order valence-corrected chi connectivity index (χ1v) is 21.1. The van der Waals surface area contributed by atoms with Crippen molar-refractivity contribution in [3.8, 4) is 0 Å². The number of halogens is 2. The fraction of sp³-hybridized carbons (Fsp3) is 0.316. The highest BCUT2D eigenvalue weighted by Crippen LogP contribution is 2.42. The minimum absolute atomic E-state index is 0.163. The largest absolute Gasteiger partial charge is 0.354 e. The number of benzene rings is 2. The number of hydrogen-bond donors (Lipinski definition) is 2. The van der Waals surface area contributed by atoms with Gasteiger partial charge in [0.1, 0.15) is 9.49 Å². The number of hydrogen-bond acceptors (Lipinski definition) is 8. The lowest BCUT2D eigenvalue weighted by Crippen LogP contribution is -2.27. The Hall–Kier alpha value is -3.70. The van der Waals surface area contributed by atoms with Crippen molar-refractivity contribution in [2.75, 3.05) is 10.6 Å². The van der Waals surface area contributed by atoms with Gasteiger partial charge < -0.3 is 10.6 Å². The summed E-state index contributed by atoms with van der Waals surface area (Å²) in [5.74, 6) is -0.700. The molecule has 0 heterocycles. The van der Waals surface area contributed by atoms with Crippen LogP contribution in [0.15, 0.2) is 107 Å². The Labute approximate surface area is 303 Å². The van der Waals surface area contributed by atoms with E-state index in [0.717, 1.165) is 11.1 Å². The van der Waals surface area contributed by atoms with Gasteiger partial charge in [-0.3, -0.25) is 9.59 Å². The minimum Gasteiger partial charge on any atom is -0.354 e. The molecule has 2 N–H and O–H groups in total. The molecule has 0 aromatic heterocycles. The average Bonchev–Trinajstić information content (AvgIpc) is 3.31. The number of rotatable bonds is 10. The normalized spacial score (nSPS) is 22.4. The maximum Gasteiger partial charge on any atom is 0.245 e. The van der Waals surface area contributed by atoms with Gasteiger partial charge in [-0.05, 0) is 74.0 Å². The van der Waals surface area contributed by atoms with E-state index in [0.29, 0.717) is 59.6 Å². The van der Waals surface area contributed by atoms with Gasteiger partial charge in [0.05, 0.1) is 22.5 Å². The fourth-order valence-corrected chi connectivity index (χ4v) is 8.12. The summed E-state index contributed by atoms with van der Waals surface area (Å²) in [6.45, 7) is 10.8. The Bertz CT molecular complexity index is 2070. The highest BCUT2D eigenvalue weighted by molar-refractivity contribution is 8.15. The number of fused-ring (bicyclic) bond motifs is 2. The summed E-state index contributed by atoms with van der Waals surface area (Å²) in [4.78, 5) is 28.8. The average molecular weight is 756 g/mol. The molecule has 0 aliphatic heterocycles. The number of carbonyl (C=O) groups excluding carboxylic acids is 2. The second-order valence-electron chi connectivity index (χ2n) is 12.8. The summed E-state index contributed by atoms with van der Waals surface area (Å²) >= 11 is 0. The van der Waals surface area contributed by atoms with Gasteiger partial charge in [-0.2, -0.15) is 0 Å². The minimum atomic E-state index is -4.04. The molecule has 50 heavy (non-hydrogen) atoms. The number of allylic oxidation sites excluding steroid dienone is 6. The zero-order chi connectivity index (χ0) is 36.8. The number of carbonyl (C=O) groups is 2. The van der Waals surface area contributed by atoms with E-state index in [9.17, 15) is 26.4 Å². The summed E-state index contributed by atoms with van der Waals surface area (Å²) in [5, 5.41) is 6.87. The van der Waals surface area contributed by atoms with Crippen molar-refractivity contribution in [3.05, 3.63) is 129 Å². The van der Waals surface area contributed by atoms with Crippen LogP contribution in [-0.2, 0) is 18.1 Å². The Balaban J connectivity index is 1.73. The molecule has 0 radical (unpaired) electrons. The molecule has 3 aliphatic carbocycles. The summed E-state index contributed by atoms with van der Waals surface area (Å²) in [5.41, 5.74) is 5.83. The zero-order valence-electron chi connectivity index (χ0n) is 28.8. The maximum absolute atomic E-state index is 14.4. The second-order valence-corrected chi connectivity index (χ2v) is 18.8. The monoisotopic (exact) mass is 754 g/mol. The van der Waals surface area contributed by atoms with Crippen LogP contribution >= 0.6 is 21.4 Å². The first kappa shape index (κ1) is 37.6. The number of ketones is 2. The number of anilines is 2. The van der Waals surface area contributed by atoms with Gasteiger partial charge >= 0.3 is 0 Å². The van der Waals surface area contributed by atoms with Crippen molar-refractivity contribution in [1.29, 1.82) is 0 Å². The molecule has 264 valence electrons. The van der Waals surface area contributed by atoms with Crippen LogP contribution in [0.1, 0.15) is 99.1 Å². The van der Waals surface area contributed by atoms with Gasteiger partial charge in [-0.1, -0.05) is 88.4 Å². The molecule has 2 atom stereocenters. The van der Waals surface area contributed by atoms with Crippen molar-refractivity contribution in [3.63, 3.8) is 0 Å². The molecule has 2 unspecified atom stereocenters. The summed E-state index contributed by atoms with van der Waals surface area (Å²) < 4.78 is 47.7. The molecular weight excluding hydrogens is 715 g/mol. The van der Waals surface area contributed by atoms with Crippen molar-refractivity contribution in [1.82, 2.24) is 0 Å². The molecule has 3 aliphatic rings. The highest BCUT2D eigenvalue weighted by atomic mass is 35.7. The molecule has 8 nitrogen and oxygen atoms in total. The highest BCUT2D eigenvalue weighted by Gasteiger charge is 2.39. The third-order valence-electron chi connectivity index (χ3n) is 9.61. The van der Waals surface area contributed by atoms with E-state index in [1.807, 2.05) is 27.7 Å². The van der Waals surface area contributed by atoms with Crippen molar-refractivity contribution in [2.24, 2.45) is 0 Å². The summed E-state index contributed by atoms with van der Waals surface area (Å²) in [6, 6.07) is 10.1. The van der Waals surface area contributed by atoms with Gasteiger partial charge in [-0.25, -0.2) is 16.8 Å². The summed E-state index contributed by atoms with van der Waals surface area (Å²) in [6.07, 6.45) is 11.8. The van der Waals surface area contributed by atoms with E-state index in [1.54, 1.807) is 72.9 Å². The molecule has 0 amide bonds. The van der Waals surface area contributed by atoms with Crippen LogP contribution in [0.2, 0.25) is 0 Å². The molecule has 0 saturated carbocycles. The lowest BCUT2D eigenvalue weighted by Gasteiger charge is -2.27. The third kappa shape index (κ3) is 6.59. The molecule has 12 heteroatoms. The molecule has 5 rings (SSSR count). The van der Waals surface area contributed by atoms with Gasteiger partial charge in [0, 0.05) is 43.9 Å². The van der Waals surface area contributed by atoms with Crippen LogP contribution in [0.3, 0.4) is 0 Å². The van der Waals surface area contributed by atoms with Crippen LogP contribution in [0, 0.1) is 0 Å². The molecule has 0 bridgehead atoms. The number of nitrogens with one attached hydrogen (secondary N) is 2. The van der Waals surface area contributed by atoms with Crippen LogP contribution in [-0.4, -0.2) is 37.9 Å². The molecular formula is C38H40Cl2N2O6S2. The van der Waals surface area contributed by atoms with Gasteiger partial charge in [0.2, 0.25) is 18.1 Å². The van der Waals surface area contributed by atoms with Crippen molar-refractivity contribution >= 4 is 62.4 Å². The van der Waals surface area contributed by atoms with Gasteiger partial charge in [0.25, 0.3) is 0 Å². The first-order chi connectivity index (χ1) is 23.4. The van der Waals surface area contributed by atoms with E-state index in [-0.39, 0.29) is 33.8 Å². The maximum atomic E-state index is 14.4. The Morgan fingerprint density at radius 2 is 0.960 bits per heavy atom. The van der Waals surface area contributed by atoms with Crippen LogP contribution in [0.25, 0.3) is 0 Å². The smallest absolute Gasteiger partial charge is 0.245 e. The van der Waals surface area contributed by atoms with Crippen LogP contribution < -0.4 is 10.6 Å². The van der Waals surface area contributed by atoms with E-state index < -0.39 is 27.6 Å². The van der Waals surface area contributed by atoms with E-state index in [2.05, 4.69) is 10.6 Å². The van der Waals surface area contributed by atoms with E-state index in [4.69, 9.17) is 21.4 Å². The van der Waals surface area contributed by atoms with E-state index in [1.165, 1.54) is 13.8 Å². The van der Waals surface area contributed by atoms with Crippen molar-refractivity contribution in [2.45, 2.75) is 76.7 Å². The summed E-state index contributed by atoms with van der Waals surface area (Å²) in [7, 11) is 3.74. The standard InChI is InChI=1S/C38H40Cl2N2O6S2/c1-7-23-17-19-37(5,49(39,45)46)21-25(9-3)33(23)41-29-15-16-30(32-31(29)35(43)27-13-11-12-14-28(27)36(32)44)42-34-24(8-2)18-20-38(6,50(40,47)48)22-26(34)10-4/h11-22,41-42H,7-10H2,1-6H3. The Kier molecular flexibility index (Phi) is 10.4. The lowest BCUT2D eigenvalue weighted by molar-refractivity contribution is 0.0980. The molecule has 0 saturated heterocycles. The molecule has 0 fully saturated rings. The molecule has 0 spiro atoms. The SMILES string of the molecule is CCC1=CC(C)(S(=O)(=O)Cl)C=CC(CC)=C1Nc1ccc(NC2=C(CC)C=CC(C)(S(=O)(=O)Cl)C=C2CC)c2c1C(=O)c1ccccc1C2=O. The fourth-order valence-electron chi connectivity index (χ4n) is 6.52. The predicted octanol–water partition coefficient (Wildman–Crippen LogP) is 9.08. The predicted molar refractivity (Wildman–Crippen MR) is 203 cm³/mol. The second kappa shape index (κ2) is 13.8. The van der Waals surface area contributed by atoms with E-state index >= 15 is 0 Å². The first-order valence-electron chi connectivity index (χ1n) is 16.5. The molecule has 2 aromatic rings. The van der Waals surface area contributed by atoms with Gasteiger partial charge in [0.15, 0.2) is 11.6 Å². The van der Waals surface area contributed by atoms with Gasteiger partial charge in [-0.15, -0.1) is 0 Å². The Morgan fingerprint density at radius 1 is 0.600 bits per heavy atom. The zero-order valence-corrected chi connectivity index (χ0v) is 31.9. The van der Waals surface area contributed by atoms with Crippen molar-refractivity contribution < 1.29 is 26.4 Å². The Morgan fingerprint density at radius 3 is 1.26 bits per heavy atom. The quantitative estimate of drug-likeness (QED) is 0.196. The van der Waals surface area contributed by atoms with Crippen LogP contribution in [0.4, 0.5) is 11.4 Å². The molecule has 2 aromatic carbocycles. The van der Waals surface area contributed by atoms with Crippen LogP contribution in [0.5, 0.6) is 0 Å².